The van der Waals surface area contributed by atoms with Crippen molar-refractivity contribution in [2.45, 2.75) is 420 Å². The highest BCUT2D eigenvalue weighted by Gasteiger charge is 2.30. The van der Waals surface area contributed by atoms with Gasteiger partial charge in [-0.05, 0) is 43.4 Å². The third-order valence-corrected chi connectivity index (χ3v) is 20.4. The van der Waals surface area contributed by atoms with Crippen molar-refractivity contribution in [3.8, 4) is 0 Å². The summed E-state index contributed by atoms with van der Waals surface area (Å²) < 4.78 is 68.5. The van der Waals surface area contributed by atoms with Crippen LogP contribution >= 0.6 is 15.6 Å². The Hall–Kier alpha value is -1.94. The number of unbranched alkanes of at least 4 members (excludes halogenated alkanes) is 43. The highest BCUT2D eigenvalue weighted by atomic mass is 31.2. The molecule has 97 heavy (non-hydrogen) atoms. The summed E-state index contributed by atoms with van der Waals surface area (Å²) in [5.41, 5.74) is 0. The average molecular weight is 1420 g/mol. The van der Waals surface area contributed by atoms with Crippen LogP contribution in [-0.2, 0) is 65.4 Å². The molecule has 0 aromatic rings. The molecule has 0 radical (unpaired) electrons. The Morgan fingerprint density at radius 3 is 0.784 bits per heavy atom. The topological polar surface area (TPSA) is 237 Å². The van der Waals surface area contributed by atoms with Gasteiger partial charge in [-0.1, -0.05) is 350 Å². The number of carbonyl (C=O) groups is 4. The molecule has 6 atom stereocenters. The standard InChI is InChI=1S/C78H152O17P2/c1-8-10-11-12-13-14-15-16-17-18-19-20-21-22-23-24-25-26-33-38-47-54-61-77(82)94-73(65-88-75(80)59-52-45-37-32-28-27-31-36-44-51-58-71(7)9-2)67-92-96(84,85)90-63-72(79)64-91-97(86,87)93-68-74(66-89-76(81)60-53-46-41-40-43-50-57-70(5)6)95-78(83)62-55-48-39-34-29-30-35-42-49-56-69(3)4/h69-74,79H,8-68H2,1-7H3,(H,84,85)(H,86,87)/t71?,72-,73-,74-/m1/s1. The van der Waals surface area contributed by atoms with Crippen LogP contribution in [0.15, 0.2) is 0 Å². The highest BCUT2D eigenvalue weighted by Crippen LogP contribution is 2.45. The number of phosphoric ester groups is 2. The molecular formula is C78H152O17P2. The van der Waals surface area contributed by atoms with Crippen molar-refractivity contribution in [1.82, 2.24) is 0 Å². The lowest BCUT2D eigenvalue weighted by molar-refractivity contribution is -0.161. The minimum Gasteiger partial charge on any atom is -0.462 e. The lowest BCUT2D eigenvalue weighted by atomic mass is 9.99. The van der Waals surface area contributed by atoms with Crippen molar-refractivity contribution in [1.29, 1.82) is 0 Å². The van der Waals surface area contributed by atoms with Gasteiger partial charge in [0.25, 0.3) is 0 Å². The first-order valence-electron chi connectivity index (χ1n) is 40.4. The van der Waals surface area contributed by atoms with Crippen molar-refractivity contribution >= 4 is 39.5 Å². The van der Waals surface area contributed by atoms with Crippen LogP contribution in [0.4, 0.5) is 0 Å². The van der Waals surface area contributed by atoms with E-state index in [4.69, 9.17) is 37.0 Å². The lowest BCUT2D eigenvalue weighted by Gasteiger charge is -2.21. The van der Waals surface area contributed by atoms with Gasteiger partial charge in [-0.25, -0.2) is 9.13 Å². The first-order chi connectivity index (χ1) is 46.8. The minimum atomic E-state index is -4.96. The third kappa shape index (κ3) is 70.9. The second kappa shape index (κ2) is 68.5. The molecule has 0 heterocycles. The molecule has 0 saturated heterocycles. The van der Waals surface area contributed by atoms with Gasteiger partial charge in [0.1, 0.15) is 19.3 Å². The zero-order chi connectivity index (χ0) is 71.6. The first-order valence-corrected chi connectivity index (χ1v) is 43.4. The van der Waals surface area contributed by atoms with Crippen molar-refractivity contribution in [2.24, 2.45) is 17.8 Å². The number of hydrogen-bond donors (Lipinski definition) is 3. The molecule has 0 amide bonds. The van der Waals surface area contributed by atoms with Gasteiger partial charge in [0.05, 0.1) is 26.4 Å². The van der Waals surface area contributed by atoms with Crippen molar-refractivity contribution in [2.75, 3.05) is 39.6 Å². The number of hydrogen-bond acceptors (Lipinski definition) is 15. The summed E-state index contributed by atoms with van der Waals surface area (Å²) in [4.78, 5) is 72.8. The van der Waals surface area contributed by atoms with Crippen LogP contribution in [0.2, 0.25) is 0 Å². The van der Waals surface area contributed by atoms with Gasteiger partial charge in [0.2, 0.25) is 0 Å². The fraction of sp³-hybridized carbons (Fsp3) is 0.949. The molecule has 3 unspecified atom stereocenters. The zero-order valence-corrected chi connectivity index (χ0v) is 65.3. The lowest BCUT2D eigenvalue weighted by Crippen LogP contribution is -2.30. The van der Waals surface area contributed by atoms with Gasteiger partial charge in [-0.2, -0.15) is 0 Å². The predicted molar refractivity (Wildman–Crippen MR) is 395 cm³/mol. The SMILES string of the molecule is CCCCCCCCCCCCCCCCCCCCCCCCC(=O)O[C@H](COC(=O)CCCCCCCCCCCCC(C)CC)COP(=O)(O)OC[C@@H](O)COP(=O)(O)OC[C@@H](COC(=O)CCCCCCCCC(C)C)OC(=O)CCCCCCCCCCCC(C)C. The van der Waals surface area contributed by atoms with Crippen LogP contribution in [-0.4, -0.2) is 96.7 Å². The first kappa shape index (κ1) is 95.1. The summed E-state index contributed by atoms with van der Waals surface area (Å²) >= 11 is 0. The van der Waals surface area contributed by atoms with Crippen molar-refractivity contribution in [3.63, 3.8) is 0 Å². The van der Waals surface area contributed by atoms with E-state index in [0.717, 1.165) is 108 Å². The van der Waals surface area contributed by atoms with Crippen LogP contribution in [0.25, 0.3) is 0 Å². The maximum atomic E-state index is 13.1. The molecule has 0 aliphatic heterocycles. The summed E-state index contributed by atoms with van der Waals surface area (Å²) in [6, 6.07) is 0. The number of aliphatic hydroxyl groups is 1. The van der Waals surface area contributed by atoms with E-state index in [1.807, 2.05) is 0 Å². The van der Waals surface area contributed by atoms with Crippen LogP contribution in [0.5, 0.6) is 0 Å². The Balaban J connectivity index is 5.19. The second-order valence-corrected chi connectivity index (χ2v) is 32.2. The largest absolute Gasteiger partial charge is 0.472 e. The Labute approximate surface area is 594 Å². The Morgan fingerprint density at radius 1 is 0.299 bits per heavy atom. The van der Waals surface area contributed by atoms with E-state index in [2.05, 4.69) is 48.5 Å². The molecule has 19 heteroatoms. The number of ether oxygens (including phenoxy) is 4. The van der Waals surface area contributed by atoms with Crippen LogP contribution < -0.4 is 0 Å². The molecule has 3 N–H and O–H groups in total. The normalized spacial score (nSPS) is 14.3. The quantitative estimate of drug-likeness (QED) is 0.0222. The third-order valence-electron chi connectivity index (χ3n) is 18.5. The van der Waals surface area contributed by atoms with Crippen molar-refractivity contribution < 1.29 is 80.2 Å². The minimum absolute atomic E-state index is 0.104. The molecule has 0 aliphatic carbocycles. The van der Waals surface area contributed by atoms with Gasteiger partial charge in [0, 0.05) is 25.7 Å². The monoisotopic (exact) mass is 1420 g/mol. The second-order valence-electron chi connectivity index (χ2n) is 29.3. The average Bonchev–Trinajstić information content (AvgIpc) is 1.61. The molecule has 17 nitrogen and oxygen atoms in total. The van der Waals surface area contributed by atoms with Gasteiger partial charge in [-0.3, -0.25) is 37.3 Å². The number of phosphoric acid groups is 2. The van der Waals surface area contributed by atoms with Crippen molar-refractivity contribution in [3.05, 3.63) is 0 Å². The summed E-state index contributed by atoms with van der Waals surface area (Å²) in [6.07, 6.45) is 55.8. The fourth-order valence-electron chi connectivity index (χ4n) is 11.9. The summed E-state index contributed by atoms with van der Waals surface area (Å²) in [6.45, 7) is 11.8. The molecule has 0 aromatic carbocycles. The predicted octanol–water partition coefficient (Wildman–Crippen LogP) is 23.0. The molecule has 0 spiro atoms. The highest BCUT2D eigenvalue weighted by molar-refractivity contribution is 7.47. The van der Waals surface area contributed by atoms with E-state index in [-0.39, 0.29) is 25.7 Å². The molecule has 0 bridgehead atoms. The number of rotatable bonds is 76. The van der Waals surface area contributed by atoms with E-state index in [9.17, 15) is 43.2 Å². The van der Waals surface area contributed by atoms with Gasteiger partial charge < -0.3 is 33.8 Å². The van der Waals surface area contributed by atoms with E-state index < -0.39 is 97.5 Å². The van der Waals surface area contributed by atoms with E-state index in [1.54, 1.807) is 0 Å². The zero-order valence-electron chi connectivity index (χ0n) is 63.5. The van der Waals surface area contributed by atoms with Crippen LogP contribution in [0.1, 0.15) is 402 Å². The van der Waals surface area contributed by atoms with E-state index in [1.165, 1.54) is 205 Å². The maximum Gasteiger partial charge on any atom is 0.472 e. The van der Waals surface area contributed by atoms with Gasteiger partial charge >= 0.3 is 39.5 Å². The van der Waals surface area contributed by atoms with E-state index >= 15 is 0 Å². The molecule has 576 valence electrons. The number of aliphatic hydroxyl groups excluding tert-OH is 1. The fourth-order valence-corrected chi connectivity index (χ4v) is 13.5. The molecule has 0 rings (SSSR count). The summed E-state index contributed by atoms with van der Waals surface area (Å²) in [7, 11) is -9.91. The number of carbonyl (C=O) groups excluding carboxylic acids is 4. The molecule has 0 saturated carbocycles. The molecule has 0 aromatic heterocycles. The Morgan fingerprint density at radius 2 is 0.526 bits per heavy atom. The van der Waals surface area contributed by atoms with E-state index in [0.29, 0.717) is 31.6 Å². The molecule has 0 fully saturated rings. The Kier molecular flexibility index (Phi) is 67.1. The van der Waals surface area contributed by atoms with Gasteiger partial charge in [-0.15, -0.1) is 0 Å². The van der Waals surface area contributed by atoms with Crippen LogP contribution in [0.3, 0.4) is 0 Å². The molecular weight excluding hydrogens is 1270 g/mol. The smallest absolute Gasteiger partial charge is 0.462 e. The van der Waals surface area contributed by atoms with Crippen LogP contribution in [0, 0.1) is 17.8 Å². The molecule has 0 aliphatic rings. The van der Waals surface area contributed by atoms with Gasteiger partial charge in [0.15, 0.2) is 12.2 Å². The number of esters is 4. The summed E-state index contributed by atoms with van der Waals surface area (Å²) in [5.74, 6) is 0.105. The Bertz CT molecular complexity index is 1890. The summed E-state index contributed by atoms with van der Waals surface area (Å²) in [5, 5.41) is 10.6. The maximum absolute atomic E-state index is 13.1.